The highest BCUT2D eigenvalue weighted by Gasteiger charge is 2.33. The average molecular weight is 545 g/mol. The summed E-state index contributed by atoms with van der Waals surface area (Å²) < 4.78 is 13.3. The number of carbonyl (C=O) groups is 1. The highest BCUT2D eigenvalue weighted by molar-refractivity contribution is 9.10. The third-order valence-electron chi connectivity index (χ3n) is 4.61. The van der Waals surface area contributed by atoms with Gasteiger partial charge in [-0.05, 0) is 36.4 Å². The molecule has 0 spiro atoms. The Morgan fingerprint density at radius 3 is 2.82 bits per heavy atom. The maximum atomic E-state index is 13.4. The molecule has 1 aliphatic rings. The van der Waals surface area contributed by atoms with Crippen LogP contribution in [0.25, 0.3) is 10.2 Å². The van der Waals surface area contributed by atoms with Gasteiger partial charge in [0.1, 0.15) is 6.61 Å². The molecule has 0 aliphatic carbocycles. The number of thiazole rings is 1. The van der Waals surface area contributed by atoms with Gasteiger partial charge in [-0.15, -0.1) is 0 Å². The number of ether oxygens (including phenoxy) is 2. The molecule has 0 bridgehead atoms. The van der Waals surface area contributed by atoms with Crippen molar-refractivity contribution in [2.24, 2.45) is 5.10 Å². The summed E-state index contributed by atoms with van der Waals surface area (Å²) in [4.78, 5) is 29.0. The minimum atomic E-state index is -0.937. The van der Waals surface area contributed by atoms with Crippen LogP contribution < -0.4 is 14.5 Å². The summed E-state index contributed by atoms with van der Waals surface area (Å²) in [6.45, 7) is 0.0167. The molecule has 1 atom stereocenters. The first-order chi connectivity index (χ1) is 16.0. The number of thiophene rings is 1. The van der Waals surface area contributed by atoms with Gasteiger partial charge in [0, 0.05) is 10.5 Å². The van der Waals surface area contributed by atoms with Crippen molar-refractivity contribution in [1.82, 2.24) is 4.98 Å². The molecule has 1 aliphatic heterocycles. The summed E-state index contributed by atoms with van der Waals surface area (Å²) in [6, 6.07) is 15.7. The number of fused-ring (bicyclic) bond motifs is 2. The monoisotopic (exact) mass is 544 g/mol. The Morgan fingerprint density at radius 1 is 1.21 bits per heavy atom. The van der Waals surface area contributed by atoms with Crippen LogP contribution in [0, 0.1) is 10.1 Å². The predicted octanol–water partition coefficient (Wildman–Crippen LogP) is 5.24. The van der Waals surface area contributed by atoms with Crippen molar-refractivity contribution >= 4 is 71.1 Å². The van der Waals surface area contributed by atoms with E-state index in [1.54, 1.807) is 24.3 Å². The number of hydrogen-bond acceptors (Lipinski definition) is 9. The van der Waals surface area contributed by atoms with Crippen LogP contribution in [0.1, 0.15) is 4.88 Å². The van der Waals surface area contributed by atoms with Gasteiger partial charge in [-0.1, -0.05) is 50.7 Å². The Hall–Kier alpha value is -3.35. The maximum absolute atomic E-state index is 13.4. The summed E-state index contributed by atoms with van der Waals surface area (Å²) in [5.74, 6) is 0.561. The minimum absolute atomic E-state index is 0.0141. The molecular weight excluding hydrogens is 532 g/mol. The first-order valence-electron chi connectivity index (χ1n) is 9.55. The van der Waals surface area contributed by atoms with E-state index in [0.717, 1.165) is 25.5 Å². The van der Waals surface area contributed by atoms with E-state index in [2.05, 4.69) is 26.0 Å². The van der Waals surface area contributed by atoms with Crippen LogP contribution in [0.15, 0.2) is 64.2 Å². The molecule has 166 valence electrons. The molecular formula is C21H13BrN4O5S2. The molecule has 0 radical (unpaired) electrons. The summed E-state index contributed by atoms with van der Waals surface area (Å²) in [5.41, 5.74) is 0.712. The van der Waals surface area contributed by atoms with Crippen LogP contribution in [0.3, 0.4) is 0 Å². The second-order valence-corrected chi connectivity index (χ2v) is 9.82. The van der Waals surface area contributed by atoms with Gasteiger partial charge in [0.05, 0.1) is 26.2 Å². The van der Waals surface area contributed by atoms with Crippen molar-refractivity contribution in [3.05, 3.63) is 74.1 Å². The lowest BCUT2D eigenvalue weighted by molar-refractivity contribution is -0.380. The van der Waals surface area contributed by atoms with Crippen LogP contribution in [0.2, 0.25) is 0 Å². The standard InChI is InChI=1S/C21H13BrN4O5S2/c22-12-5-7-14-18(9-12)33-21(24-14)25(23-10-13-6-8-19(32-13)26(28)29)20(27)17-11-30-15-3-1-2-4-16(15)31-17/h1-10,17H,11H2/b23-10+. The van der Waals surface area contributed by atoms with Crippen LogP contribution in [0.4, 0.5) is 10.1 Å². The van der Waals surface area contributed by atoms with Gasteiger partial charge in [-0.25, -0.2) is 4.98 Å². The number of halogens is 1. The van der Waals surface area contributed by atoms with Gasteiger partial charge in [-0.3, -0.25) is 14.9 Å². The van der Waals surface area contributed by atoms with E-state index >= 15 is 0 Å². The zero-order valence-electron chi connectivity index (χ0n) is 16.6. The van der Waals surface area contributed by atoms with Crippen molar-refractivity contribution in [2.45, 2.75) is 6.10 Å². The molecule has 0 fully saturated rings. The Kier molecular flexibility index (Phi) is 5.79. The van der Waals surface area contributed by atoms with E-state index in [9.17, 15) is 14.9 Å². The third-order valence-corrected chi connectivity index (χ3v) is 7.06. The van der Waals surface area contributed by atoms with Gasteiger partial charge in [0.15, 0.2) is 11.5 Å². The number of rotatable bonds is 5. The molecule has 2 aromatic heterocycles. The number of nitrogens with zero attached hydrogens (tertiary/aromatic N) is 4. The van der Waals surface area contributed by atoms with E-state index in [0.29, 0.717) is 27.0 Å². The Balaban J connectivity index is 1.49. The van der Waals surface area contributed by atoms with E-state index in [-0.39, 0.29) is 11.6 Å². The summed E-state index contributed by atoms with van der Waals surface area (Å²) in [6.07, 6.45) is 0.461. The number of amides is 1. The molecule has 2 aromatic carbocycles. The molecule has 1 unspecified atom stereocenters. The first kappa shape index (κ1) is 21.5. The normalized spacial score (nSPS) is 15.1. The van der Waals surface area contributed by atoms with Crippen molar-refractivity contribution in [2.75, 3.05) is 11.6 Å². The molecule has 1 amide bonds. The molecule has 0 saturated carbocycles. The third kappa shape index (κ3) is 4.45. The quantitative estimate of drug-likeness (QED) is 0.193. The number of benzene rings is 2. The number of hydrogen-bond donors (Lipinski definition) is 0. The lowest BCUT2D eigenvalue weighted by Gasteiger charge is -2.27. The highest BCUT2D eigenvalue weighted by Crippen LogP contribution is 2.34. The number of hydrazone groups is 1. The average Bonchev–Trinajstić information content (AvgIpc) is 3.46. The number of para-hydroxylation sites is 2. The van der Waals surface area contributed by atoms with Crippen molar-refractivity contribution in [1.29, 1.82) is 0 Å². The minimum Gasteiger partial charge on any atom is -0.485 e. The van der Waals surface area contributed by atoms with Gasteiger partial charge < -0.3 is 9.47 Å². The fraction of sp³-hybridized carbons (Fsp3) is 0.0952. The maximum Gasteiger partial charge on any atom is 0.324 e. The molecule has 5 rings (SSSR count). The van der Waals surface area contributed by atoms with Crippen LogP contribution in [-0.2, 0) is 4.79 Å². The zero-order valence-corrected chi connectivity index (χ0v) is 19.8. The SMILES string of the molecule is O=C(C1COc2ccccc2O1)N(/N=C/c1ccc([N+](=O)[O-])s1)c1nc2ccc(Br)cc2s1. The van der Waals surface area contributed by atoms with Gasteiger partial charge in [0.2, 0.25) is 11.2 Å². The molecule has 9 nitrogen and oxygen atoms in total. The molecule has 3 heterocycles. The second-order valence-electron chi connectivity index (χ2n) is 6.80. The number of aromatic nitrogens is 1. The molecule has 0 N–H and O–H groups in total. The van der Waals surface area contributed by atoms with Crippen molar-refractivity contribution < 1.29 is 19.2 Å². The van der Waals surface area contributed by atoms with E-state index in [1.807, 2.05) is 24.3 Å². The Morgan fingerprint density at radius 2 is 2.03 bits per heavy atom. The highest BCUT2D eigenvalue weighted by atomic mass is 79.9. The fourth-order valence-electron chi connectivity index (χ4n) is 3.08. The first-order valence-corrected chi connectivity index (χ1v) is 12.0. The van der Waals surface area contributed by atoms with Gasteiger partial charge >= 0.3 is 5.00 Å². The molecule has 12 heteroatoms. The number of carbonyl (C=O) groups excluding carboxylic acids is 1. The Labute approximate surface area is 203 Å². The van der Waals surface area contributed by atoms with Crippen LogP contribution in [-0.4, -0.2) is 34.7 Å². The zero-order chi connectivity index (χ0) is 22.9. The topological polar surface area (TPSA) is 107 Å². The van der Waals surface area contributed by atoms with Crippen LogP contribution >= 0.6 is 38.6 Å². The molecule has 0 saturated heterocycles. The molecule has 4 aromatic rings. The van der Waals surface area contributed by atoms with Gasteiger partial charge in [-0.2, -0.15) is 10.1 Å². The largest absolute Gasteiger partial charge is 0.485 e. The van der Waals surface area contributed by atoms with E-state index in [4.69, 9.17) is 9.47 Å². The fourth-order valence-corrected chi connectivity index (χ4v) is 5.25. The lowest BCUT2D eigenvalue weighted by atomic mass is 10.2. The number of anilines is 1. The van der Waals surface area contributed by atoms with Crippen molar-refractivity contribution in [3.8, 4) is 11.5 Å². The predicted molar refractivity (Wildman–Crippen MR) is 130 cm³/mol. The second kappa shape index (κ2) is 8.89. The van der Waals surface area contributed by atoms with Gasteiger partial charge in [0.25, 0.3) is 5.91 Å². The molecule has 33 heavy (non-hydrogen) atoms. The smallest absolute Gasteiger partial charge is 0.324 e. The number of nitro groups is 1. The van der Waals surface area contributed by atoms with E-state index in [1.165, 1.54) is 23.6 Å². The van der Waals surface area contributed by atoms with Crippen LogP contribution in [0.5, 0.6) is 11.5 Å². The lowest BCUT2D eigenvalue weighted by Crippen LogP contribution is -2.44. The van der Waals surface area contributed by atoms with Crippen molar-refractivity contribution in [3.63, 3.8) is 0 Å². The Bertz CT molecular complexity index is 1400. The summed E-state index contributed by atoms with van der Waals surface area (Å²) in [7, 11) is 0. The summed E-state index contributed by atoms with van der Waals surface area (Å²) >= 11 is 5.69. The summed E-state index contributed by atoms with van der Waals surface area (Å²) in [5, 5.41) is 16.8. The van der Waals surface area contributed by atoms with E-state index < -0.39 is 16.9 Å².